The maximum absolute atomic E-state index is 6.27. The quantitative estimate of drug-likeness (QED) is 0.774. The summed E-state index contributed by atoms with van der Waals surface area (Å²) < 4.78 is 11.5. The molecule has 0 radical (unpaired) electrons. The van der Waals surface area contributed by atoms with Gasteiger partial charge in [-0.15, -0.1) is 10.2 Å². The molecule has 3 rings (SSSR count). The highest BCUT2D eigenvalue weighted by molar-refractivity contribution is 6.39. The first kappa shape index (κ1) is 18.8. The van der Waals surface area contributed by atoms with Crippen LogP contribution in [-0.4, -0.2) is 40.4 Å². The minimum Gasteiger partial charge on any atom is -0.487 e. The summed E-state index contributed by atoms with van der Waals surface area (Å²) in [6, 6.07) is 5.73. The van der Waals surface area contributed by atoms with E-state index in [1.54, 1.807) is 25.9 Å². The second kappa shape index (κ2) is 7.75. The van der Waals surface area contributed by atoms with E-state index in [0.29, 0.717) is 34.1 Å². The van der Waals surface area contributed by atoms with Crippen LogP contribution in [0.3, 0.4) is 0 Å². The lowest BCUT2D eigenvalue weighted by Gasteiger charge is -2.11. The molecule has 2 heterocycles. The summed E-state index contributed by atoms with van der Waals surface area (Å²) in [6.45, 7) is 9.40. The number of hydrogen-bond acceptors (Lipinski definition) is 6. The number of aliphatic imine (C=N–C) groups is 1. The maximum Gasteiger partial charge on any atom is 0.247 e. The van der Waals surface area contributed by atoms with Gasteiger partial charge in [0.1, 0.15) is 18.1 Å². The first-order valence-corrected chi connectivity index (χ1v) is 8.69. The molecule has 1 aliphatic rings. The molecule has 0 bridgehead atoms. The molecular formula is C19H20ClN5O2. The van der Waals surface area contributed by atoms with Crippen molar-refractivity contribution in [1.29, 1.82) is 0 Å². The summed E-state index contributed by atoms with van der Waals surface area (Å²) in [5.74, 6) is 2.31. The number of hydrazone groups is 1. The molecule has 27 heavy (non-hydrogen) atoms. The third kappa shape index (κ3) is 3.93. The summed E-state index contributed by atoms with van der Waals surface area (Å²) in [6.07, 6.45) is 1.46. The van der Waals surface area contributed by atoms with Crippen LogP contribution in [0, 0.1) is 13.8 Å². The van der Waals surface area contributed by atoms with E-state index in [1.165, 1.54) is 6.20 Å². The lowest BCUT2D eigenvalue weighted by Crippen LogP contribution is -2.19. The first-order valence-electron chi connectivity index (χ1n) is 8.31. The van der Waals surface area contributed by atoms with E-state index in [9.17, 15) is 0 Å². The van der Waals surface area contributed by atoms with Gasteiger partial charge in [0.2, 0.25) is 11.8 Å². The van der Waals surface area contributed by atoms with Gasteiger partial charge in [0.05, 0.1) is 5.57 Å². The van der Waals surface area contributed by atoms with Crippen molar-refractivity contribution < 1.29 is 9.15 Å². The fraction of sp³-hybridized carbons (Fsp3) is 0.263. The van der Waals surface area contributed by atoms with Gasteiger partial charge in [-0.05, 0) is 31.5 Å². The molecule has 0 spiro atoms. The molecule has 140 valence electrons. The minimum atomic E-state index is 0.243. The topological polar surface area (TPSA) is 76.1 Å². The van der Waals surface area contributed by atoms with Gasteiger partial charge < -0.3 is 9.15 Å². The third-order valence-corrected chi connectivity index (χ3v) is 4.16. The number of rotatable bonds is 5. The number of halogens is 1. The van der Waals surface area contributed by atoms with Gasteiger partial charge in [0.25, 0.3) is 0 Å². The predicted molar refractivity (Wildman–Crippen MR) is 106 cm³/mol. The molecule has 0 aliphatic carbocycles. The summed E-state index contributed by atoms with van der Waals surface area (Å²) in [5, 5.41) is 14.6. The standard InChI is InChI=1S/C19H20ClN5O2/c1-6-21-18-17(12(3)20)15(24-25(18)5)10-26-16-9-14(8-7-11(16)2)19-23-22-13(4)27-19/h6-9H,1,10H2,2-5H3/b17-12+,21-18+. The van der Waals surface area contributed by atoms with Crippen LogP contribution >= 0.6 is 11.6 Å². The number of aromatic nitrogens is 2. The Labute approximate surface area is 162 Å². The lowest BCUT2D eigenvalue weighted by atomic mass is 10.1. The van der Waals surface area contributed by atoms with E-state index in [0.717, 1.165) is 16.7 Å². The van der Waals surface area contributed by atoms with E-state index in [-0.39, 0.29) is 6.61 Å². The second-order valence-corrected chi connectivity index (χ2v) is 6.58. The average molecular weight is 386 g/mol. The van der Waals surface area contributed by atoms with Crippen LogP contribution < -0.4 is 4.74 Å². The summed E-state index contributed by atoms with van der Waals surface area (Å²) >= 11 is 6.27. The predicted octanol–water partition coefficient (Wildman–Crippen LogP) is 4.09. The molecule has 0 N–H and O–H groups in total. The molecule has 1 aromatic carbocycles. The van der Waals surface area contributed by atoms with Gasteiger partial charge >= 0.3 is 0 Å². The first-order chi connectivity index (χ1) is 12.9. The minimum absolute atomic E-state index is 0.243. The van der Waals surface area contributed by atoms with Gasteiger partial charge in [-0.25, -0.2) is 4.99 Å². The van der Waals surface area contributed by atoms with Crippen molar-refractivity contribution in [3.8, 4) is 17.2 Å². The fourth-order valence-corrected chi connectivity index (χ4v) is 2.90. The van der Waals surface area contributed by atoms with Crippen LogP contribution in [0.4, 0.5) is 0 Å². The molecule has 0 amide bonds. The molecule has 1 aliphatic heterocycles. The number of benzene rings is 1. The van der Waals surface area contributed by atoms with Crippen molar-refractivity contribution in [3.63, 3.8) is 0 Å². The van der Waals surface area contributed by atoms with Crippen LogP contribution in [0.25, 0.3) is 11.5 Å². The number of likely N-dealkylation sites (N-methyl/N-ethyl adjacent to an activating group) is 1. The lowest BCUT2D eigenvalue weighted by molar-refractivity contribution is 0.372. The zero-order chi connectivity index (χ0) is 19.6. The van der Waals surface area contributed by atoms with Crippen LogP contribution in [0.1, 0.15) is 18.4 Å². The molecule has 0 fully saturated rings. The monoisotopic (exact) mass is 385 g/mol. The summed E-state index contributed by atoms with van der Waals surface area (Å²) in [4.78, 5) is 4.25. The second-order valence-electron chi connectivity index (χ2n) is 6.01. The Bertz CT molecular complexity index is 970. The van der Waals surface area contributed by atoms with E-state index < -0.39 is 0 Å². The molecule has 1 aromatic heterocycles. The van der Waals surface area contributed by atoms with Gasteiger partial charge in [-0.3, -0.25) is 5.01 Å². The SMILES string of the molecule is C=C/N=C1\C(=C(/C)Cl)C(COc2cc(-c3nnc(C)o3)ccc2C)=NN1C. The molecular weight excluding hydrogens is 366 g/mol. The zero-order valence-electron chi connectivity index (χ0n) is 15.7. The summed E-state index contributed by atoms with van der Waals surface area (Å²) in [7, 11) is 1.80. The van der Waals surface area contributed by atoms with Crippen LogP contribution in [0.2, 0.25) is 0 Å². The average Bonchev–Trinajstić information content (AvgIpc) is 3.18. The van der Waals surface area contributed by atoms with Crippen molar-refractivity contribution in [3.05, 3.63) is 53.0 Å². The molecule has 0 saturated heterocycles. The van der Waals surface area contributed by atoms with E-state index in [1.807, 2.05) is 25.1 Å². The van der Waals surface area contributed by atoms with Gasteiger partial charge in [0, 0.05) is 30.8 Å². The number of hydrogen-bond donors (Lipinski definition) is 0. The normalized spacial score (nSPS) is 17.3. The van der Waals surface area contributed by atoms with Crippen LogP contribution in [0.5, 0.6) is 5.75 Å². The number of allylic oxidation sites excluding steroid dienone is 1. The molecule has 2 aromatic rings. The largest absolute Gasteiger partial charge is 0.487 e. The van der Waals surface area contributed by atoms with E-state index in [2.05, 4.69) is 26.9 Å². The molecule has 0 unspecified atom stereocenters. The number of ether oxygens (including phenoxy) is 1. The fourth-order valence-electron chi connectivity index (χ4n) is 2.71. The molecule has 8 heteroatoms. The highest BCUT2D eigenvalue weighted by Gasteiger charge is 2.27. The van der Waals surface area contributed by atoms with Crippen molar-refractivity contribution in [2.24, 2.45) is 10.1 Å². The third-order valence-electron chi connectivity index (χ3n) is 3.97. The Hall–Kier alpha value is -2.93. The van der Waals surface area contributed by atoms with E-state index >= 15 is 0 Å². The van der Waals surface area contributed by atoms with Gasteiger partial charge in [-0.1, -0.05) is 24.2 Å². The van der Waals surface area contributed by atoms with Crippen LogP contribution in [-0.2, 0) is 0 Å². The molecule has 7 nitrogen and oxygen atoms in total. The Balaban J connectivity index is 1.84. The Kier molecular flexibility index (Phi) is 5.41. The highest BCUT2D eigenvalue weighted by atomic mass is 35.5. The maximum atomic E-state index is 6.27. The Morgan fingerprint density at radius 3 is 2.78 bits per heavy atom. The van der Waals surface area contributed by atoms with Crippen molar-refractivity contribution >= 4 is 23.1 Å². The smallest absolute Gasteiger partial charge is 0.247 e. The Morgan fingerprint density at radius 2 is 2.15 bits per heavy atom. The van der Waals surface area contributed by atoms with Gasteiger partial charge in [0.15, 0.2) is 5.84 Å². The van der Waals surface area contributed by atoms with Crippen molar-refractivity contribution in [1.82, 2.24) is 15.2 Å². The zero-order valence-corrected chi connectivity index (χ0v) is 16.4. The molecule has 0 saturated carbocycles. The number of aryl methyl sites for hydroxylation is 2. The van der Waals surface area contributed by atoms with Crippen molar-refractivity contribution in [2.75, 3.05) is 13.7 Å². The number of amidine groups is 1. The van der Waals surface area contributed by atoms with E-state index in [4.69, 9.17) is 20.8 Å². The Morgan fingerprint density at radius 1 is 1.37 bits per heavy atom. The van der Waals surface area contributed by atoms with Crippen LogP contribution in [0.15, 0.2) is 56.1 Å². The number of nitrogens with zero attached hydrogens (tertiary/aromatic N) is 5. The highest BCUT2D eigenvalue weighted by Crippen LogP contribution is 2.27. The van der Waals surface area contributed by atoms with Crippen molar-refractivity contribution in [2.45, 2.75) is 20.8 Å². The summed E-state index contributed by atoms with van der Waals surface area (Å²) in [5.41, 5.74) is 3.22. The van der Waals surface area contributed by atoms with Gasteiger partial charge in [-0.2, -0.15) is 5.10 Å². The molecule has 0 atom stereocenters.